The molecule has 0 aliphatic carbocycles. The third-order valence-electron chi connectivity index (χ3n) is 6.07. The van der Waals surface area contributed by atoms with Gasteiger partial charge in [0.2, 0.25) is 5.71 Å². The van der Waals surface area contributed by atoms with Gasteiger partial charge in [0.1, 0.15) is 17.8 Å². The lowest BCUT2D eigenvalue weighted by Crippen LogP contribution is -1.98. The first-order chi connectivity index (χ1) is 18.2. The van der Waals surface area contributed by atoms with Crippen LogP contribution >= 0.6 is 0 Å². The smallest absolute Gasteiger partial charge is 0.232 e. The van der Waals surface area contributed by atoms with E-state index in [1.54, 1.807) is 18.0 Å². The van der Waals surface area contributed by atoms with E-state index in [9.17, 15) is 0 Å². The summed E-state index contributed by atoms with van der Waals surface area (Å²) in [7, 11) is 1.64. The first-order valence-corrected chi connectivity index (χ1v) is 11.8. The normalized spacial score (nSPS) is 11.8. The molecule has 8 nitrogen and oxygen atoms in total. The van der Waals surface area contributed by atoms with Crippen LogP contribution in [0.1, 0.15) is 18.3 Å². The van der Waals surface area contributed by atoms with Crippen molar-refractivity contribution < 1.29 is 14.0 Å². The van der Waals surface area contributed by atoms with E-state index in [0.717, 1.165) is 44.9 Å². The van der Waals surface area contributed by atoms with Gasteiger partial charge in [-0.05, 0) is 42.3 Å². The molecule has 0 saturated heterocycles. The highest BCUT2D eigenvalue weighted by Gasteiger charge is 2.22. The van der Waals surface area contributed by atoms with Crippen LogP contribution in [0.5, 0.6) is 5.75 Å². The van der Waals surface area contributed by atoms with Crippen LogP contribution in [0, 0.1) is 0 Å². The monoisotopic (exact) mass is 489 g/mol. The zero-order valence-electron chi connectivity index (χ0n) is 20.3. The fourth-order valence-corrected chi connectivity index (χ4v) is 4.25. The molecule has 0 atom stereocenters. The predicted molar refractivity (Wildman–Crippen MR) is 141 cm³/mol. The predicted octanol–water partition coefficient (Wildman–Crippen LogP) is 6.15. The molecule has 0 aliphatic heterocycles. The zero-order chi connectivity index (χ0) is 25.2. The largest absolute Gasteiger partial charge is 0.497 e. The van der Waals surface area contributed by atoms with Crippen molar-refractivity contribution in [3.05, 3.63) is 103 Å². The van der Waals surface area contributed by atoms with E-state index in [2.05, 4.69) is 27.4 Å². The standard InChI is InChI=1S/C29H23N5O3/c1-19(20-13-15-23(35-2)16-14-20)33-36-17-24-31-28-26-25(21-9-5-3-6-10-21)27(22-11-7-4-8-12-22)37-29(26)30-18-34(28)32-24/h3-16,18H,17H2,1-2H3/b33-19-. The van der Waals surface area contributed by atoms with Gasteiger partial charge in [0.25, 0.3) is 0 Å². The summed E-state index contributed by atoms with van der Waals surface area (Å²) in [5, 5.41) is 9.60. The van der Waals surface area contributed by atoms with E-state index >= 15 is 0 Å². The molecule has 3 aromatic heterocycles. The lowest BCUT2D eigenvalue weighted by molar-refractivity contribution is 0.125. The summed E-state index contributed by atoms with van der Waals surface area (Å²) in [6.07, 6.45) is 1.60. The molecular weight excluding hydrogens is 466 g/mol. The van der Waals surface area contributed by atoms with Crippen molar-refractivity contribution in [1.29, 1.82) is 0 Å². The van der Waals surface area contributed by atoms with Gasteiger partial charge < -0.3 is 14.0 Å². The maximum atomic E-state index is 6.28. The van der Waals surface area contributed by atoms with Gasteiger partial charge in [0.15, 0.2) is 18.1 Å². The number of aromatic nitrogens is 4. The average Bonchev–Trinajstić information content (AvgIpc) is 3.55. The van der Waals surface area contributed by atoms with Crippen molar-refractivity contribution >= 4 is 22.5 Å². The van der Waals surface area contributed by atoms with Crippen LogP contribution < -0.4 is 4.74 Å². The van der Waals surface area contributed by atoms with Crippen molar-refractivity contribution in [2.45, 2.75) is 13.5 Å². The maximum Gasteiger partial charge on any atom is 0.232 e. The van der Waals surface area contributed by atoms with Crippen molar-refractivity contribution in [3.63, 3.8) is 0 Å². The number of ether oxygens (including phenoxy) is 1. The van der Waals surface area contributed by atoms with Crippen molar-refractivity contribution in [1.82, 2.24) is 19.6 Å². The highest BCUT2D eigenvalue weighted by Crippen LogP contribution is 2.41. The van der Waals surface area contributed by atoms with Crippen LogP contribution in [0.3, 0.4) is 0 Å². The summed E-state index contributed by atoms with van der Waals surface area (Å²) < 4.78 is 13.1. The highest BCUT2D eigenvalue weighted by molar-refractivity contribution is 6.07. The number of rotatable bonds is 7. The molecule has 0 saturated carbocycles. The van der Waals surface area contributed by atoms with Gasteiger partial charge in [0.05, 0.1) is 18.2 Å². The number of hydrogen-bond donors (Lipinski definition) is 0. The van der Waals surface area contributed by atoms with E-state index < -0.39 is 0 Å². The number of benzene rings is 3. The molecule has 0 unspecified atom stereocenters. The minimum atomic E-state index is 0.112. The summed E-state index contributed by atoms with van der Waals surface area (Å²) in [6, 6.07) is 27.7. The van der Waals surface area contributed by atoms with E-state index in [1.165, 1.54) is 0 Å². The van der Waals surface area contributed by atoms with Gasteiger partial charge in [-0.2, -0.15) is 0 Å². The Bertz CT molecular complexity index is 1710. The summed E-state index contributed by atoms with van der Waals surface area (Å²) in [5.74, 6) is 2.01. The lowest BCUT2D eigenvalue weighted by atomic mass is 9.99. The Morgan fingerprint density at radius 1 is 0.919 bits per heavy atom. The second-order valence-electron chi connectivity index (χ2n) is 8.44. The fourth-order valence-electron chi connectivity index (χ4n) is 4.25. The zero-order valence-corrected chi connectivity index (χ0v) is 20.3. The van der Waals surface area contributed by atoms with Crippen LogP contribution in [-0.2, 0) is 11.4 Å². The molecule has 0 aliphatic rings. The van der Waals surface area contributed by atoms with E-state index in [-0.39, 0.29) is 6.61 Å². The minimum absolute atomic E-state index is 0.112. The number of fused-ring (bicyclic) bond motifs is 3. The Labute approximate surface area is 212 Å². The van der Waals surface area contributed by atoms with E-state index in [0.29, 0.717) is 17.2 Å². The molecule has 6 rings (SSSR count). The van der Waals surface area contributed by atoms with Crippen molar-refractivity contribution in [3.8, 4) is 28.2 Å². The van der Waals surface area contributed by atoms with Gasteiger partial charge >= 0.3 is 0 Å². The van der Waals surface area contributed by atoms with Gasteiger partial charge in [-0.15, -0.1) is 5.10 Å². The Hall–Kier alpha value is -4.98. The number of nitrogens with zero attached hydrogens (tertiary/aromatic N) is 5. The molecule has 0 N–H and O–H groups in total. The van der Waals surface area contributed by atoms with Crippen LogP contribution in [-0.4, -0.2) is 32.4 Å². The lowest BCUT2D eigenvalue weighted by Gasteiger charge is -2.03. The fraction of sp³-hybridized carbons (Fsp3) is 0.103. The second-order valence-corrected chi connectivity index (χ2v) is 8.44. The second kappa shape index (κ2) is 9.58. The van der Waals surface area contributed by atoms with Crippen molar-refractivity contribution in [2.24, 2.45) is 5.16 Å². The molecule has 0 fully saturated rings. The minimum Gasteiger partial charge on any atom is -0.497 e. The van der Waals surface area contributed by atoms with E-state index in [1.807, 2.05) is 79.7 Å². The molecule has 0 radical (unpaired) electrons. The highest BCUT2D eigenvalue weighted by atomic mass is 16.6. The van der Waals surface area contributed by atoms with Gasteiger partial charge in [-0.3, -0.25) is 0 Å². The summed E-state index contributed by atoms with van der Waals surface area (Å²) >= 11 is 0. The molecular formula is C29H23N5O3. The Kier molecular flexibility index (Phi) is 5.82. The Morgan fingerprint density at radius 2 is 1.62 bits per heavy atom. The molecule has 3 heterocycles. The van der Waals surface area contributed by atoms with Gasteiger partial charge in [-0.25, -0.2) is 14.5 Å². The van der Waals surface area contributed by atoms with Gasteiger partial charge in [0, 0.05) is 11.1 Å². The molecule has 8 heteroatoms. The molecule has 6 aromatic rings. The molecule has 0 spiro atoms. The first kappa shape index (κ1) is 22.5. The Morgan fingerprint density at radius 3 is 2.32 bits per heavy atom. The molecule has 182 valence electrons. The number of methoxy groups -OCH3 is 1. The Balaban J connectivity index is 1.37. The molecule has 37 heavy (non-hydrogen) atoms. The number of oxime groups is 1. The summed E-state index contributed by atoms with van der Waals surface area (Å²) in [4.78, 5) is 14.9. The summed E-state index contributed by atoms with van der Waals surface area (Å²) in [5.41, 5.74) is 5.72. The average molecular weight is 490 g/mol. The van der Waals surface area contributed by atoms with Crippen LogP contribution in [0.4, 0.5) is 0 Å². The SMILES string of the molecule is COc1ccc(/C(C)=N\OCc2nc3c4c(-c5ccccc5)c(-c5ccccc5)oc4ncn3n2)cc1. The quantitative estimate of drug-likeness (QED) is 0.197. The topological polar surface area (TPSA) is 87.0 Å². The summed E-state index contributed by atoms with van der Waals surface area (Å²) in [6.45, 7) is 2.00. The van der Waals surface area contributed by atoms with Crippen LogP contribution in [0.2, 0.25) is 0 Å². The molecule has 0 bridgehead atoms. The molecule has 3 aromatic carbocycles. The van der Waals surface area contributed by atoms with Crippen LogP contribution in [0.15, 0.2) is 101 Å². The third-order valence-corrected chi connectivity index (χ3v) is 6.07. The van der Waals surface area contributed by atoms with Crippen LogP contribution in [0.25, 0.3) is 39.2 Å². The van der Waals surface area contributed by atoms with E-state index in [4.69, 9.17) is 19.0 Å². The maximum absolute atomic E-state index is 6.28. The van der Waals surface area contributed by atoms with Crippen molar-refractivity contribution in [2.75, 3.05) is 7.11 Å². The first-order valence-electron chi connectivity index (χ1n) is 11.8. The van der Waals surface area contributed by atoms with Gasteiger partial charge in [-0.1, -0.05) is 65.8 Å². The number of furan rings is 1. The molecule has 0 amide bonds. The third kappa shape index (κ3) is 4.29. The number of hydrogen-bond acceptors (Lipinski definition) is 7.